The quantitative estimate of drug-likeness (QED) is 0.847. The third-order valence-corrected chi connectivity index (χ3v) is 4.73. The fourth-order valence-electron chi connectivity index (χ4n) is 3.63. The van der Waals surface area contributed by atoms with Crippen molar-refractivity contribution in [2.45, 2.75) is 12.3 Å². The third-order valence-electron chi connectivity index (χ3n) is 4.73. The van der Waals surface area contributed by atoms with Gasteiger partial charge in [0.15, 0.2) is 11.5 Å². The molecule has 2 aromatic carbocycles. The molecule has 1 aliphatic heterocycles. The number of carboxylic acid groups (broad SMARTS) is 1. The number of aliphatic carboxylic acids is 1. The molecule has 2 aromatic rings. The average molecular weight is 338 g/mol. The molecule has 0 aromatic heterocycles. The second kappa shape index (κ2) is 6.16. The largest absolute Gasteiger partial charge is 0.490 e. The van der Waals surface area contributed by atoms with Crippen LogP contribution in [0, 0.1) is 5.92 Å². The normalized spacial score (nSPS) is 20.2. The zero-order chi connectivity index (χ0) is 17.4. The summed E-state index contributed by atoms with van der Waals surface area (Å²) in [5.41, 5.74) is 2.96. The SMILES string of the molecule is C=CCOc1ccc2c(c1)CC(C(=O)O)C2c1ccc2c(c1)OCO2. The summed E-state index contributed by atoms with van der Waals surface area (Å²) in [6, 6.07) is 11.4. The lowest BCUT2D eigenvalue weighted by molar-refractivity contribution is -0.141. The van der Waals surface area contributed by atoms with Crippen molar-refractivity contribution in [1.82, 2.24) is 0 Å². The molecular weight excluding hydrogens is 320 g/mol. The number of hydrogen-bond donors (Lipinski definition) is 1. The molecule has 2 unspecified atom stereocenters. The molecule has 0 saturated carbocycles. The third kappa shape index (κ3) is 2.71. The summed E-state index contributed by atoms with van der Waals surface area (Å²) in [5.74, 6) is 0.574. The lowest BCUT2D eigenvalue weighted by Gasteiger charge is -2.18. The van der Waals surface area contributed by atoms with Crippen molar-refractivity contribution in [1.29, 1.82) is 0 Å². The zero-order valence-electron chi connectivity index (χ0n) is 13.6. The van der Waals surface area contributed by atoms with Crippen LogP contribution in [0.3, 0.4) is 0 Å². The van der Waals surface area contributed by atoms with Crippen molar-refractivity contribution in [3.8, 4) is 17.2 Å². The second-order valence-corrected chi connectivity index (χ2v) is 6.20. The Balaban J connectivity index is 1.73. The fraction of sp³-hybridized carbons (Fsp3) is 0.250. The smallest absolute Gasteiger partial charge is 0.307 e. The molecule has 0 spiro atoms. The molecule has 128 valence electrons. The Morgan fingerprint density at radius 1 is 1.24 bits per heavy atom. The van der Waals surface area contributed by atoms with Gasteiger partial charge >= 0.3 is 5.97 Å². The van der Waals surface area contributed by atoms with Crippen molar-refractivity contribution in [2.24, 2.45) is 5.92 Å². The van der Waals surface area contributed by atoms with Gasteiger partial charge in [-0.3, -0.25) is 4.79 Å². The van der Waals surface area contributed by atoms with Gasteiger partial charge in [-0.05, 0) is 47.4 Å². The summed E-state index contributed by atoms with van der Waals surface area (Å²) < 4.78 is 16.4. The summed E-state index contributed by atoms with van der Waals surface area (Å²) in [6.45, 7) is 4.26. The van der Waals surface area contributed by atoms with E-state index in [9.17, 15) is 9.90 Å². The Bertz CT molecular complexity index is 842. The number of carbonyl (C=O) groups is 1. The van der Waals surface area contributed by atoms with Crippen LogP contribution in [0.5, 0.6) is 17.2 Å². The highest BCUT2D eigenvalue weighted by Gasteiger charge is 2.39. The molecule has 5 heteroatoms. The maximum atomic E-state index is 11.8. The topological polar surface area (TPSA) is 65.0 Å². The van der Waals surface area contributed by atoms with Crippen LogP contribution in [0.15, 0.2) is 49.1 Å². The molecular formula is C20H18O5. The van der Waals surface area contributed by atoms with E-state index in [2.05, 4.69) is 6.58 Å². The molecule has 0 amide bonds. The first kappa shape index (κ1) is 15.6. The zero-order valence-corrected chi connectivity index (χ0v) is 13.6. The molecule has 4 rings (SSSR count). The van der Waals surface area contributed by atoms with Crippen LogP contribution >= 0.6 is 0 Å². The van der Waals surface area contributed by atoms with Crippen molar-refractivity contribution >= 4 is 5.97 Å². The average Bonchev–Trinajstić information content (AvgIpc) is 3.22. The van der Waals surface area contributed by atoms with Crippen LogP contribution in [0.1, 0.15) is 22.6 Å². The summed E-state index contributed by atoms with van der Waals surface area (Å²) in [5, 5.41) is 9.72. The van der Waals surface area contributed by atoms with E-state index in [4.69, 9.17) is 14.2 Å². The Hall–Kier alpha value is -2.95. The monoisotopic (exact) mass is 338 g/mol. The predicted molar refractivity (Wildman–Crippen MR) is 91.4 cm³/mol. The predicted octanol–water partition coefficient (Wildman–Crippen LogP) is 3.37. The number of benzene rings is 2. The number of carboxylic acids is 1. The van der Waals surface area contributed by atoms with E-state index in [1.54, 1.807) is 6.08 Å². The van der Waals surface area contributed by atoms with Crippen LogP contribution < -0.4 is 14.2 Å². The highest BCUT2D eigenvalue weighted by molar-refractivity contribution is 5.75. The van der Waals surface area contributed by atoms with E-state index in [-0.39, 0.29) is 12.7 Å². The van der Waals surface area contributed by atoms with Gasteiger partial charge in [0, 0.05) is 5.92 Å². The minimum atomic E-state index is -0.799. The van der Waals surface area contributed by atoms with E-state index in [1.807, 2.05) is 36.4 Å². The van der Waals surface area contributed by atoms with Gasteiger partial charge in [0.05, 0.1) is 5.92 Å². The van der Waals surface area contributed by atoms with Gasteiger partial charge in [-0.1, -0.05) is 24.8 Å². The van der Waals surface area contributed by atoms with E-state index < -0.39 is 11.9 Å². The summed E-state index contributed by atoms with van der Waals surface area (Å²) in [4.78, 5) is 11.8. The van der Waals surface area contributed by atoms with E-state index >= 15 is 0 Å². The minimum absolute atomic E-state index is 0.201. The van der Waals surface area contributed by atoms with Crippen LogP contribution in [0.4, 0.5) is 0 Å². The number of hydrogen-bond acceptors (Lipinski definition) is 4. The first-order chi connectivity index (χ1) is 12.2. The highest BCUT2D eigenvalue weighted by Crippen LogP contribution is 2.46. The summed E-state index contributed by atoms with van der Waals surface area (Å²) in [7, 11) is 0. The molecule has 0 radical (unpaired) electrons. The fourth-order valence-corrected chi connectivity index (χ4v) is 3.63. The molecule has 1 aliphatic carbocycles. The second-order valence-electron chi connectivity index (χ2n) is 6.20. The van der Waals surface area contributed by atoms with E-state index in [1.165, 1.54) is 0 Å². The molecule has 2 aliphatic rings. The van der Waals surface area contributed by atoms with Gasteiger partial charge in [-0.25, -0.2) is 0 Å². The van der Waals surface area contributed by atoms with Gasteiger partial charge < -0.3 is 19.3 Å². The highest BCUT2D eigenvalue weighted by atomic mass is 16.7. The first-order valence-corrected chi connectivity index (χ1v) is 8.16. The molecule has 1 N–H and O–H groups in total. The van der Waals surface area contributed by atoms with Gasteiger partial charge in [0.1, 0.15) is 12.4 Å². The molecule has 25 heavy (non-hydrogen) atoms. The maximum absolute atomic E-state index is 11.8. The van der Waals surface area contributed by atoms with Crippen LogP contribution in [0.25, 0.3) is 0 Å². The van der Waals surface area contributed by atoms with Gasteiger partial charge in [-0.2, -0.15) is 0 Å². The summed E-state index contributed by atoms with van der Waals surface area (Å²) >= 11 is 0. The number of ether oxygens (including phenoxy) is 3. The molecule has 0 saturated heterocycles. The Morgan fingerprint density at radius 3 is 2.88 bits per heavy atom. The van der Waals surface area contributed by atoms with Crippen LogP contribution in [0.2, 0.25) is 0 Å². The number of rotatable bonds is 5. The van der Waals surface area contributed by atoms with E-state index in [0.29, 0.717) is 24.5 Å². The van der Waals surface area contributed by atoms with Gasteiger partial charge in [0.25, 0.3) is 0 Å². The molecule has 0 bridgehead atoms. The lowest BCUT2D eigenvalue weighted by Crippen LogP contribution is -2.19. The van der Waals surface area contributed by atoms with Crippen LogP contribution in [-0.2, 0) is 11.2 Å². The molecule has 2 atom stereocenters. The van der Waals surface area contributed by atoms with E-state index in [0.717, 1.165) is 22.4 Å². The minimum Gasteiger partial charge on any atom is -0.490 e. The number of fused-ring (bicyclic) bond motifs is 2. The Labute approximate surface area is 145 Å². The Morgan fingerprint density at radius 2 is 2.08 bits per heavy atom. The Kier molecular flexibility index (Phi) is 3.84. The van der Waals surface area contributed by atoms with Crippen molar-refractivity contribution < 1.29 is 24.1 Å². The van der Waals surface area contributed by atoms with Crippen molar-refractivity contribution in [2.75, 3.05) is 13.4 Å². The van der Waals surface area contributed by atoms with Crippen LogP contribution in [-0.4, -0.2) is 24.5 Å². The molecule has 5 nitrogen and oxygen atoms in total. The standard InChI is InChI=1S/C20H18O5/c1-2-7-23-14-4-5-15-13(8-14)9-16(20(21)22)19(15)12-3-6-17-18(10-12)25-11-24-17/h2-6,8,10,16,19H,1,7,9,11H2,(H,21,22). The first-order valence-electron chi connectivity index (χ1n) is 8.16. The maximum Gasteiger partial charge on any atom is 0.307 e. The van der Waals surface area contributed by atoms with Crippen molar-refractivity contribution in [3.63, 3.8) is 0 Å². The molecule has 1 heterocycles. The van der Waals surface area contributed by atoms with Gasteiger partial charge in [0.2, 0.25) is 6.79 Å². The summed E-state index contributed by atoms with van der Waals surface area (Å²) in [6.07, 6.45) is 2.16. The molecule has 0 fully saturated rings. The van der Waals surface area contributed by atoms with Crippen molar-refractivity contribution in [3.05, 3.63) is 65.7 Å². The lowest BCUT2D eigenvalue weighted by atomic mass is 9.86. The van der Waals surface area contributed by atoms with Gasteiger partial charge in [-0.15, -0.1) is 0 Å².